The number of benzene rings is 3. The van der Waals surface area contributed by atoms with Crippen LogP contribution in [0, 0.1) is 0 Å². The van der Waals surface area contributed by atoms with Crippen molar-refractivity contribution < 1.29 is 4.42 Å². The highest BCUT2D eigenvalue weighted by Crippen LogP contribution is 2.29. The maximum absolute atomic E-state index is 6.17. The minimum Gasteiger partial charge on any atom is -0.456 e. The predicted molar refractivity (Wildman–Crippen MR) is 111 cm³/mol. The molecule has 0 radical (unpaired) electrons. The van der Waals surface area contributed by atoms with Crippen LogP contribution in [0.4, 0.5) is 0 Å². The van der Waals surface area contributed by atoms with Crippen LogP contribution in [-0.4, -0.2) is 5.84 Å². The lowest BCUT2D eigenvalue weighted by atomic mass is 10.1. The van der Waals surface area contributed by atoms with Gasteiger partial charge in [-0.2, -0.15) is 0 Å². The van der Waals surface area contributed by atoms with Gasteiger partial charge in [0.1, 0.15) is 17.0 Å². The first-order chi connectivity index (χ1) is 12.7. The van der Waals surface area contributed by atoms with Gasteiger partial charge in [0, 0.05) is 16.3 Å². The van der Waals surface area contributed by atoms with Gasteiger partial charge >= 0.3 is 0 Å². The van der Waals surface area contributed by atoms with Crippen LogP contribution in [0.3, 0.4) is 0 Å². The molecule has 0 fully saturated rings. The molecule has 4 rings (SSSR count). The van der Waals surface area contributed by atoms with Crippen LogP contribution < -0.4 is 5.73 Å². The van der Waals surface area contributed by atoms with Gasteiger partial charge in [0.2, 0.25) is 0 Å². The van der Waals surface area contributed by atoms with Gasteiger partial charge in [0.15, 0.2) is 0 Å². The van der Waals surface area contributed by atoms with E-state index >= 15 is 0 Å². The van der Waals surface area contributed by atoms with Crippen molar-refractivity contribution in [1.82, 2.24) is 0 Å². The molecule has 0 bridgehead atoms. The topological polar surface area (TPSA) is 51.5 Å². The molecule has 130 valence electrons. The molecule has 3 aromatic carbocycles. The molecule has 0 aliphatic rings. The molecule has 0 spiro atoms. The van der Waals surface area contributed by atoms with E-state index in [-0.39, 0.29) is 0 Å². The summed E-state index contributed by atoms with van der Waals surface area (Å²) in [7, 11) is 0. The third-order valence-corrected chi connectivity index (χ3v) is 4.04. The molecular weight excluding hydrogens is 320 g/mol. The van der Waals surface area contributed by atoms with Gasteiger partial charge in [-0.1, -0.05) is 75.0 Å². The maximum Gasteiger partial charge on any atom is 0.136 e. The number of nitrogens with zero attached hydrogens (tertiary/aromatic N) is 1. The van der Waals surface area contributed by atoms with Gasteiger partial charge in [-0.25, -0.2) is 4.99 Å². The summed E-state index contributed by atoms with van der Waals surface area (Å²) in [6.07, 6.45) is 0. The summed E-state index contributed by atoms with van der Waals surface area (Å²) >= 11 is 0. The number of rotatable bonds is 3. The lowest BCUT2D eigenvalue weighted by molar-refractivity contribution is 0.669. The summed E-state index contributed by atoms with van der Waals surface area (Å²) < 4.78 is 5.90. The Bertz CT molecular complexity index is 1080. The van der Waals surface area contributed by atoms with E-state index in [9.17, 15) is 0 Å². The zero-order valence-corrected chi connectivity index (χ0v) is 15.1. The molecule has 4 aromatic rings. The number of furan rings is 1. The van der Waals surface area contributed by atoms with Crippen molar-refractivity contribution in [1.29, 1.82) is 0 Å². The second kappa shape index (κ2) is 7.70. The van der Waals surface area contributed by atoms with Crippen molar-refractivity contribution >= 4 is 33.5 Å². The Kier molecular flexibility index (Phi) is 5.18. The predicted octanol–water partition coefficient (Wildman–Crippen LogP) is 5.99. The van der Waals surface area contributed by atoms with Gasteiger partial charge in [-0.15, -0.1) is 0 Å². The molecule has 0 saturated heterocycles. The first-order valence-electron chi connectivity index (χ1n) is 8.72. The number of nitrogens with two attached hydrogens (primary N) is 1. The third-order valence-electron chi connectivity index (χ3n) is 4.04. The van der Waals surface area contributed by atoms with E-state index in [4.69, 9.17) is 10.2 Å². The Morgan fingerprint density at radius 3 is 2.23 bits per heavy atom. The average Bonchev–Trinajstić information content (AvgIpc) is 3.08. The molecule has 0 aliphatic carbocycles. The zero-order valence-electron chi connectivity index (χ0n) is 15.1. The molecule has 0 aliphatic heterocycles. The van der Waals surface area contributed by atoms with Gasteiger partial charge in [-0.05, 0) is 23.8 Å². The van der Waals surface area contributed by atoms with E-state index in [1.165, 1.54) is 0 Å². The first kappa shape index (κ1) is 17.5. The smallest absolute Gasteiger partial charge is 0.136 e. The summed E-state index contributed by atoms with van der Waals surface area (Å²) in [6.45, 7) is 8.00. The quantitative estimate of drug-likeness (QED) is 0.367. The number of fused-ring (bicyclic) bond motifs is 3. The molecule has 1 aromatic heterocycles. The molecule has 0 atom stereocenters. The number of hydrogen-bond donors (Lipinski definition) is 1. The maximum atomic E-state index is 6.17. The molecule has 26 heavy (non-hydrogen) atoms. The van der Waals surface area contributed by atoms with E-state index in [0.29, 0.717) is 11.5 Å². The van der Waals surface area contributed by atoms with E-state index in [1.54, 1.807) is 0 Å². The van der Waals surface area contributed by atoms with Crippen molar-refractivity contribution in [3.8, 4) is 0 Å². The number of aliphatic imine (C=N–C) groups is 1. The Morgan fingerprint density at radius 2 is 1.46 bits per heavy atom. The van der Waals surface area contributed by atoms with Crippen LogP contribution in [-0.2, 0) is 0 Å². The Labute approximate surface area is 153 Å². The Morgan fingerprint density at radius 1 is 0.808 bits per heavy atom. The molecule has 3 nitrogen and oxygen atoms in total. The lowest BCUT2D eigenvalue weighted by Crippen LogP contribution is -2.13. The zero-order chi connectivity index (χ0) is 18.5. The normalized spacial score (nSPS) is 11.2. The first-order valence-corrected chi connectivity index (χ1v) is 8.72. The van der Waals surface area contributed by atoms with Crippen molar-refractivity contribution in [3.63, 3.8) is 0 Å². The fourth-order valence-electron chi connectivity index (χ4n) is 2.79. The van der Waals surface area contributed by atoms with E-state index in [0.717, 1.165) is 33.1 Å². The summed E-state index contributed by atoms with van der Waals surface area (Å²) in [6, 6.07) is 23.7. The average molecular weight is 342 g/mol. The largest absolute Gasteiger partial charge is 0.456 e. The molecular formula is C23H22N2O. The van der Waals surface area contributed by atoms with Crippen molar-refractivity contribution in [2.75, 3.05) is 0 Å². The minimum atomic E-state index is 0.422. The lowest BCUT2D eigenvalue weighted by Gasteiger charge is -2.04. The van der Waals surface area contributed by atoms with Crippen molar-refractivity contribution in [2.45, 2.75) is 13.8 Å². The molecule has 0 amide bonds. The summed E-state index contributed by atoms with van der Waals surface area (Å²) in [5.41, 5.74) is 10.2. The van der Waals surface area contributed by atoms with Crippen molar-refractivity contribution in [3.05, 3.63) is 90.5 Å². The molecule has 2 N–H and O–H groups in total. The van der Waals surface area contributed by atoms with Crippen LogP contribution in [0.2, 0.25) is 0 Å². The van der Waals surface area contributed by atoms with Crippen molar-refractivity contribution in [2.24, 2.45) is 10.7 Å². The standard InChI is InChI=1S/C21H16N2O.C2H6/c1-14(15-7-3-2-4-8-15)23-21(22)16-11-12-18-17-9-5-6-10-19(17)24-20(18)13-16;1-2/h2-13H,1H2,(H2,22,23);1-2H3. The number of hydrogen-bond acceptors (Lipinski definition) is 2. The van der Waals surface area contributed by atoms with E-state index in [2.05, 4.69) is 17.6 Å². The summed E-state index contributed by atoms with van der Waals surface area (Å²) in [5, 5.41) is 2.17. The van der Waals surface area contributed by atoms with Gasteiger partial charge in [0.05, 0.1) is 5.70 Å². The van der Waals surface area contributed by atoms with Crippen LogP contribution in [0.25, 0.3) is 27.6 Å². The fourth-order valence-corrected chi connectivity index (χ4v) is 2.79. The van der Waals surface area contributed by atoms with E-state index in [1.807, 2.05) is 80.6 Å². The highest BCUT2D eigenvalue weighted by molar-refractivity contribution is 6.08. The molecule has 3 heteroatoms. The fraction of sp³-hybridized carbons (Fsp3) is 0.0870. The van der Waals surface area contributed by atoms with Crippen LogP contribution >= 0.6 is 0 Å². The molecule has 1 heterocycles. The number of amidine groups is 1. The Hall–Kier alpha value is -3.33. The highest BCUT2D eigenvalue weighted by Gasteiger charge is 2.08. The van der Waals surface area contributed by atoms with Crippen LogP contribution in [0.5, 0.6) is 0 Å². The molecule has 0 saturated carbocycles. The van der Waals surface area contributed by atoms with Crippen LogP contribution in [0.1, 0.15) is 25.0 Å². The third kappa shape index (κ3) is 3.38. The summed E-state index contributed by atoms with van der Waals surface area (Å²) in [5.74, 6) is 0.422. The van der Waals surface area contributed by atoms with Gasteiger partial charge < -0.3 is 10.2 Å². The SMILES string of the molecule is C=C(N=C(N)c1ccc2c(c1)oc1ccccc12)c1ccccc1.CC. The highest BCUT2D eigenvalue weighted by atomic mass is 16.3. The second-order valence-electron chi connectivity index (χ2n) is 5.62. The van der Waals surface area contributed by atoms with Gasteiger partial charge in [0.25, 0.3) is 0 Å². The minimum absolute atomic E-state index is 0.422. The second-order valence-corrected chi connectivity index (χ2v) is 5.62. The molecule has 0 unspecified atom stereocenters. The van der Waals surface area contributed by atoms with Gasteiger partial charge in [-0.3, -0.25) is 0 Å². The number of para-hydroxylation sites is 1. The van der Waals surface area contributed by atoms with E-state index < -0.39 is 0 Å². The summed E-state index contributed by atoms with van der Waals surface area (Å²) in [4.78, 5) is 4.44. The van der Waals surface area contributed by atoms with Crippen LogP contribution in [0.15, 0.2) is 88.8 Å². The Balaban J connectivity index is 0.000000948. The monoisotopic (exact) mass is 342 g/mol.